The van der Waals surface area contributed by atoms with E-state index in [0.29, 0.717) is 18.8 Å². The molecular formula is C18H22BrF2N3O2. The molecule has 1 saturated carbocycles. The van der Waals surface area contributed by atoms with Crippen molar-refractivity contribution in [2.24, 2.45) is 16.6 Å². The van der Waals surface area contributed by atoms with E-state index in [1.165, 1.54) is 4.90 Å². The Balaban J connectivity index is 1.73. The van der Waals surface area contributed by atoms with Crippen LogP contribution in [0, 0.1) is 5.92 Å². The minimum absolute atomic E-state index is 0.143. The third-order valence-electron chi connectivity index (χ3n) is 5.17. The second kappa shape index (κ2) is 8.00. The van der Waals surface area contributed by atoms with E-state index in [2.05, 4.69) is 25.7 Å². The Morgan fingerprint density at radius 3 is 2.62 bits per heavy atom. The topological polar surface area (TPSA) is 67.9 Å². The van der Waals surface area contributed by atoms with Crippen LogP contribution in [0.4, 0.5) is 8.78 Å². The van der Waals surface area contributed by atoms with Gasteiger partial charge in [0, 0.05) is 11.5 Å². The number of guanidine groups is 1. The van der Waals surface area contributed by atoms with Crippen LogP contribution < -0.4 is 5.73 Å². The average molecular weight is 430 g/mol. The first kappa shape index (κ1) is 19.2. The maximum atomic E-state index is 12.4. The van der Waals surface area contributed by atoms with Crippen LogP contribution >= 0.6 is 15.9 Å². The summed E-state index contributed by atoms with van der Waals surface area (Å²) < 4.78 is 30.2. The standard InChI is InChI=1S/C18H22BrF2N3O2/c1-24-16(25)15(23-18(24)22)14-9-12(19)5-4-11(14)8-10-2-6-13(7-3-10)26-17(20)21/h4-5,9-10,13,15,17H,2-3,6-8H2,1H3,(H2,22,23). The van der Waals surface area contributed by atoms with Crippen molar-refractivity contribution in [3.05, 3.63) is 33.8 Å². The first-order chi connectivity index (χ1) is 12.3. The lowest BCUT2D eigenvalue weighted by molar-refractivity contribution is -0.171. The fraction of sp³-hybridized carbons (Fsp3) is 0.556. The normalized spacial score (nSPS) is 26.5. The van der Waals surface area contributed by atoms with E-state index in [1.54, 1.807) is 7.05 Å². The number of carbonyl (C=O) groups is 1. The average Bonchev–Trinajstić information content (AvgIpc) is 2.85. The monoisotopic (exact) mass is 429 g/mol. The second-order valence-corrected chi connectivity index (χ2v) is 7.79. The van der Waals surface area contributed by atoms with Gasteiger partial charge in [0.2, 0.25) is 0 Å². The Labute approximate surface area is 159 Å². The third-order valence-corrected chi connectivity index (χ3v) is 5.66. The van der Waals surface area contributed by atoms with Crippen LogP contribution in [0.5, 0.6) is 0 Å². The van der Waals surface area contributed by atoms with E-state index in [1.807, 2.05) is 18.2 Å². The van der Waals surface area contributed by atoms with E-state index in [9.17, 15) is 13.6 Å². The van der Waals surface area contributed by atoms with Gasteiger partial charge in [0.25, 0.3) is 5.91 Å². The summed E-state index contributed by atoms with van der Waals surface area (Å²) in [6.45, 7) is -2.71. The number of halogens is 3. The molecule has 8 heteroatoms. The summed E-state index contributed by atoms with van der Waals surface area (Å²) in [4.78, 5) is 18.1. The highest BCUT2D eigenvalue weighted by atomic mass is 79.9. The van der Waals surface area contributed by atoms with Crippen molar-refractivity contribution < 1.29 is 18.3 Å². The maximum absolute atomic E-state index is 12.4. The summed E-state index contributed by atoms with van der Waals surface area (Å²) in [5.74, 6) is 0.453. The van der Waals surface area contributed by atoms with Crippen LogP contribution in [-0.2, 0) is 16.0 Å². The number of likely N-dealkylation sites (N-methyl/N-ethyl adjacent to an activating group) is 1. The molecule has 2 N–H and O–H groups in total. The maximum Gasteiger partial charge on any atom is 0.345 e. The highest BCUT2D eigenvalue weighted by Gasteiger charge is 2.34. The number of carbonyl (C=O) groups excluding carboxylic acids is 1. The molecule has 2 aliphatic rings. The zero-order valence-corrected chi connectivity index (χ0v) is 16.1. The molecule has 0 aromatic heterocycles. The number of aliphatic imine (C=N–C) groups is 1. The van der Waals surface area contributed by atoms with Gasteiger partial charge in [-0.2, -0.15) is 8.78 Å². The van der Waals surface area contributed by atoms with Gasteiger partial charge in [-0.05, 0) is 61.3 Å². The molecule has 1 aromatic rings. The van der Waals surface area contributed by atoms with Crippen LogP contribution in [0.1, 0.15) is 42.9 Å². The SMILES string of the molecule is CN1C(=O)C(c2cc(Br)ccc2CC2CCC(OC(F)F)CC2)N=C1N. The molecule has 1 unspecified atom stereocenters. The molecular weight excluding hydrogens is 408 g/mol. The number of nitrogens with two attached hydrogens (primary N) is 1. The van der Waals surface area contributed by atoms with E-state index in [4.69, 9.17) is 5.73 Å². The summed E-state index contributed by atoms with van der Waals surface area (Å²) in [7, 11) is 1.61. The smallest absolute Gasteiger partial charge is 0.345 e. The van der Waals surface area contributed by atoms with Crippen LogP contribution in [0.15, 0.2) is 27.7 Å². The third kappa shape index (κ3) is 4.23. The van der Waals surface area contributed by atoms with Crippen LogP contribution in [-0.4, -0.2) is 36.5 Å². The van der Waals surface area contributed by atoms with Crippen LogP contribution in [0.3, 0.4) is 0 Å². The molecule has 1 atom stereocenters. The molecule has 1 aliphatic carbocycles. The Morgan fingerprint density at radius 2 is 2.04 bits per heavy atom. The molecule has 1 heterocycles. The zero-order valence-electron chi connectivity index (χ0n) is 14.5. The Morgan fingerprint density at radius 1 is 1.35 bits per heavy atom. The summed E-state index contributed by atoms with van der Waals surface area (Å²) in [6, 6.07) is 5.24. The minimum Gasteiger partial charge on any atom is -0.369 e. The van der Waals surface area contributed by atoms with Gasteiger partial charge in [0.1, 0.15) is 0 Å². The molecule has 3 rings (SSSR count). The summed E-state index contributed by atoms with van der Waals surface area (Å²) in [5, 5.41) is 0. The molecule has 0 spiro atoms. The van der Waals surface area contributed by atoms with Crippen LogP contribution in [0.2, 0.25) is 0 Å². The number of hydrogen-bond acceptors (Lipinski definition) is 4. The van der Waals surface area contributed by atoms with Gasteiger partial charge in [-0.3, -0.25) is 9.69 Å². The summed E-state index contributed by atoms with van der Waals surface area (Å²) >= 11 is 3.46. The number of alkyl halides is 2. The van der Waals surface area contributed by atoms with Gasteiger partial charge in [-0.15, -0.1) is 0 Å². The van der Waals surface area contributed by atoms with Crippen molar-refractivity contribution >= 4 is 27.8 Å². The van der Waals surface area contributed by atoms with Gasteiger partial charge in [0.05, 0.1) is 6.10 Å². The first-order valence-electron chi connectivity index (χ1n) is 8.68. The van der Waals surface area contributed by atoms with Gasteiger partial charge in [0.15, 0.2) is 12.0 Å². The quantitative estimate of drug-likeness (QED) is 0.776. The van der Waals surface area contributed by atoms with Gasteiger partial charge >= 0.3 is 6.61 Å². The van der Waals surface area contributed by atoms with Crippen LogP contribution in [0.25, 0.3) is 0 Å². The van der Waals surface area contributed by atoms with Crippen molar-refractivity contribution in [3.63, 3.8) is 0 Å². The molecule has 1 fully saturated rings. The number of hydrogen-bond donors (Lipinski definition) is 1. The summed E-state index contributed by atoms with van der Waals surface area (Å²) in [5.41, 5.74) is 7.69. The molecule has 0 bridgehead atoms. The number of nitrogens with zero attached hydrogens (tertiary/aromatic N) is 2. The lowest BCUT2D eigenvalue weighted by Gasteiger charge is -2.29. The lowest BCUT2D eigenvalue weighted by Crippen LogP contribution is -2.34. The van der Waals surface area contributed by atoms with Crippen molar-refractivity contribution in [2.75, 3.05) is 7.05 Å². The molecule has 0 saturated heterocycles. The predicted molar refractivity (Wildman–Crippen MR) is 97.8 cm³/mol. The predicted octanol–water partition coefficient (Wildman–Crippen LogP) is 3.62. The summed E-state index contributed by atoms with van der Waals surface area (Å²) in [6.07, 6.45) is 3.36. The van der Waals surface area contributed by atoms with Crippen molar-refractivity contribution in [1.82, 2.24) is 4.90 Å². The lowest BCUT2D eigenvalue weighted by atomic mass is 9.82. The minimum atomic E-state index is -2.71. The van der Waals surface area contributed by atoms with Crippen molar-refractivity contribution in [2.45, 2.75) is 50.9 Å². The Kier molecular flexibility index (Phi) is 5.92. The van der Waals surface area contributed by atoms with Gasteiger partial charge in [-0.25, -0.2) is 4.99 Å². The largest absolute Gasteiger partial charge is 0.369 e. The first-order valence-corrected chi connectivity index (χ1v) is 9.47. The number of ether oxygens (including phenoxy) is 1. The zero-order chi connectivity index (χ0) is 18.8. The van der Waals surface area contributed by atoms with Gasteiger partial charge in [-0.1, -0.05) is 22.0 Å². The van der Waals surface area contributed by atoms with E-state index >= 15 is 0 Å². The number of rotatable bonds is 5. The second-order valence-electron chi connectivity index (χ2n) is 6.87. The molecule has 0 radical (unpaired) electrons. The van der Waals surface area contributed by atoms with E-state index < -0.39 is 12.7 Å². The fourth-order valence-electron chi connectivity index (χ4n) is 3.71. The highest BCUT2D eigenvalue weighted by molar-refractivity contribution is 9.10. The van der Waals surface area contributed by atoms with Crippen molar-refractivity contribution in [1.29, 1.82) is 0 Å². The molecule has 26 heavy (non-hydrogen) atoms. The molecule has 1 amide bonds. The molecule has 142 valence electrons. The van der Waals surface area contributed by atoms with E-state index in [0.717, 1.165) is 34.9 Å². The van der Waals surface area contributed by atoms with Gasteiger partial charge < -0.3 is 10.5 Å². The van der Waals surface area contributed by atoms with Crippen molar-refractivity contribution in [3.8, 4) is 0 Å². The number of amides is 1. The number of benzene rings is 1. The molecule has 1 aromatic carbocycles. The Hall–Kier alpha value is -1.54. The highest BCUT2D eigenvalue weighted by Crippen LogP contribution is 2.35. The molecule has 1 aliphatic heterocycles. The Bertz CT molecular complexity index is 706. The van der Waals surface area contributed by atoms with E-state index in [-0.39, 0.29) is 18.0 Å². The fourth-order valence-corrected chi connectivity index (χ4v) is 4.09. The molecule has 5 nitrogen and oxygen atoms in total.